The first-order chi connectivity index (χ1) is 15.2. The van der Waals surface area contributed by atoms with Crippen LogP contribution >= 0.6 is 31.9 Å². The molecule has 6 nitrogen and oxygen atoms in total. The third kappa shape index (κ3) is 3.92. The van der Waals surface area contributed by atoms with Crippen molar-refractivity contribution in [3.8, 4) is 22.6 Å². The molecule has 0 saturated carbocycles. The number of hydrogen-bond donors (Lipinski definition) is 2. The predicted octanol–water partition coefficient (Wildman–Crippen LogP) is 5.38. The van der Waals surface area contributed by atoms with Crippen LogP contribution in [-0.2, 0) is 0 Å². The van der Waals surface area contributed by atoms with Gasteiger partial charge in [-0.05, 0) is 83.5 Å². The van der Waals surface area contributed by atoms with Gasteiger partial charge in [0.15, 0.2) is 0 Å². The van der Waals surface area contributed by atoms with Crippen LogP contribution in [0.5, 0.6) is 11.5 Å². The minimum atomic E-state index is -0.111. The zero-order chi connectivity index (χ0) is 23.2. The Bertz CT molecular complexity index is 1020. The molecule has 0 radical (unpaired) electrons. The fraction of sp³-hybridized carbons (Fsp3) is 0.417. The molecule has 2 amide bonds. The second-order valence-corrected chi connectivity index (χ2v) is 10.1. The molecule has 170 valence electrons. The quantitative estimate of drug-likeness (QED) is 0.523. The number of phenols is 2. The van der Waals surface area contributed by atoms with E-state index in [1.54, 1.807) is 35.8 Å². The summed E-state index contributed by atoms with van der Waals surface area (Å²) in [6, 6.07) is 3.22. The average Bonchev–Trinajstić information content (AvgIpc) is 3.50. The Morgan fingerprint density at radius 2 is 1.03 bits per heavy atom. The molecular weight excluding hydrogens is 540 g/mol. The number of benzene rings is 2. The number of carbonyl (C=O) groups is 2. The minimum absolute atomic E-state index is 0.0357. The Labute approximate surface area is 204 Å². The van der Waals surface area contributed by atoms with Crippen molar-refractivity contribution in [2.24, 2.45) is 0 Å². The van der Waals surface area contributed by atoms with Gasteiger partial charge in [-0.3, -0.25) is 9.59 Å². The van der Waals surface area contributed by atoms with Gasteiger partial charge < -0.3 is 20.0 Å². The molecular formula is C24H26Br2N2O4. The first-order valence-corrected chi connectivity index (χ1v) is 12.4. The molecule has 2 aliphatic rings. The first kappa shape index (κ1) is 23.1. The van der Waals surface area contributed by atoms with Crippen LogP contribution in [-0.4, -0.2) is 58.0 Å². The Morgan fingerprint density at radius 3 is 1.34 bits per heavy atom. The maximum Gasteiger partial charge on any atom is 0.255 e. The number of aromatic hydroxyl groups is 2. The summed E-state index contributed by atoms with van der Waals surface area (Å²) in [5.41, 5.74) is 2.55. The summed E-state index contributed by atoms with van der Waals surface area (Å²) in [5.74, 6) is -0.293. The van der Waals surface area contributed by atoms with Crippen molar-refractivity contribution in [3.63, 3.8) is 0 Å². The minimum Gasteiger partial charge on any atom is -0.507 e. The average molecular weight is 566 g/mol. The molecule has 4 rings (SSSR count). The number of likely N-dealkylation sites (tertiary alicyclic amines) is 2. The Kier molecular flexibility index (Phi) is 6.54. The van der Waals surface area contributed by atoms with E-state index < -0.39 is 0 Å². The largest absolute Gasteiger partial charge is 0.507 e. The summed E-state index contributed by atoms with van der Waals surface area (Å²) in [6.45, 7) is 6.27. The number of rotatable bonds is 3. The van der Waals surface area contributed by atoms with Crippen molar-refractivity contribution < 1.29 is 19.8 Å². The molecule has 2 aliphatic heterocycles. The van der Waals surface area contributed by atoms with E-state index in [0.717, 1.165) is 25.7 Å². The third-order valence-corrected chi connectivity index (χ3v) is 8.51. The van der Waals surface area contributed by atoms with Gasteiger partial charge in [-0.1, -0.05) is 0 Å². The third-order valence-electron chi connectivity index (χ3n) is 6.47. The summed E-state index contributed by atoms with van der Waals surface area (Å²) in [4.78, 5) is 29.9. The molecule has 2 heterocycles. The van der Waals surface area contributed by atoms with Crippen LogP contribution in [0, 0.1) is 13.8 Å². The molecule has 2 saturated heterocycles. The van der Waals surface area contributed by atoms with Gasteiger partial charge in [-0.15, -0.1) is 0 Å². The Balaban J connectivity index is 1.87. The van der Waals surface area contributed by atoms with E-state index in [2.05, 4.69) is 31.9 Å². The van der Waals surface area contributed by atoms with Crippen molar-refractivity contribution >= 4 is 43.7 Å². The SMILES string of the molecule is Cc1c(O)c(-c2cc(C(=O)N3CCCC3)c(Br)c(C)c2O)cc(C(=O)N2CCCC2)c1Br. The standard InChI is InChI=1S/C24H26Br2N2O4/c1-13-19(25)17(23(31)27-7-3-4-8-27)11-15(21(13)29)16-12-18(20(26)14(2)22(16)30)24(32)28-9-5-6-10-28/h11-12,29-30H,3-10H2,1-2H3. The normalized spacial score (nSPS) is 16.1. The lowest BCUT2D eigenvalue weighted by atomic mass is 9.94. The molecule has 0 bridgehead atoms. The van der Waals surface area contributed by atoms with Crippen LogP contribution in [0.2, 0.25) is 0 Å². The van der Waals surface area contributed by atoms with Gasteiger partial charge in [0.05, 0.1) is 11.1 Å². The zero-order valence-electron chi connectivity index (χ0n) is 18.2. The van der Waals surface area contributed by atoms with Gasteiger partial charge in [-0.2, -0.15) is 0 Å². The van der Waals surface area contributed by atoms with Gasteiger partial charge in [0.2, 0.25) is 0 Å². The molecule has 32 heavy (non-hydrogen) atoms. The second-order valence-electron chi connectivity index (χ2n) is 8.52. The zero-order valence-corrected chi connectivity index (χ0v) is 21.3. The highest BCUT2D eigenvalue weighted by Gasteiger charge is 2.28. The van der Waals surface area contributed by atoms with Gasteiger partial charge >= 0.3 is 0 Å². The van der Waals surface area contributed by atoms with Crippen molar-refractivity contribution in [3.05, 3.63) is 43.3 Å². The number of nitrogens with zero attached hydrogens (tertiary/aromatic N) is 2. The van der Waals surface area contributed by atoms with Crippen molar-refractivity contribution in [1.29, 1.82) is 0 Å². The van der Waals surface area contributed by atoms with Crippen molar-refractivity contribution in [2.45, 2.75) is 39.5 Å². The summed E-state index contributed by atoms with van der Waals surface area (Å²) in [6.07, 6.45) is 3.90. The van der Waals surface area contributed by atoms with Crippen LogP contribution in [0.3, 0.4) is 0 Å². The van der Waals surface area contributed by atoms with Gasteiger partial charge in [0.1, 0.15) is 11.5 Å². The lowest BCUT2D eigenvalue weighted by Crippen LogP contribution is -2.28. The lowest BCUT2D eigenvalue weighted by molar-refractivity contribution is 0.0784. The fourth-order valence-electron chi connectivity index (χ4n) is 4.47. The highest BCUT2D eigenvalue weighted by Crippen LogP contribution is 2.45. The molecule has 2 aromatic carbocycles. The molecule has 0 aromatic heterocycles. The van der Waals surface area contributed by atoms with Crippen LogP contribution < -0.4 is 0 Å². The maximum absolute atomic E-state index is 13.2. The number of carbonyl (C=O) groups excluding carboxylic acids is 2. The van der Waals surface area contributed by atoms with E-state index in [9.17, 15) is 19.8 Å². The molecule has 0 aliphatic carbocycles. The number of phenolic OH excluding ortho intramolecular Hbond substituents is 2. The van der Waals surface area contributed by atoms with Crippen LogP contribution in [0.25, 0.3) is 11.1 Å². The van der Waals surface area contributed by atoms with Crippen molar-refractivity contribution in [2.75, 3.05) is 26.2 Å². The first-order valence-electron chi connectivity index (χ1n) is 10.9. The van der Waals surface area contributed by atoms with Crippen molar-refractivity contribution in [1.82, 2.24) is 9.80 Å². The summed E-state index contributed by atoms with van der Waals surface area (Å²) < 4.78 is 1.08. The summed E-state index contributed by atoms with van der Waals surface area (Å²) in [7, 11) is 0. The number of amides is 2. The van der Waals surface area contributed by atoms with E-state index in [-0.39, 0.29) is 23.3 Å². The van der Waals surface area contributed by atoms with Crippen LogP contribution in [0.4, 0.5) is 0 Å². The van der Waals surface area contributed by atoms with Gasteiger partial charge in [0, 0.05) is 57.4 Å². The molecule has 2 fully saturated rings. The monoisotopic (exact) mass is 564 g/mol. The highest BCUT2D eigenvalue weighted by atomic mass is 79.9. The van der Waals surface area contributed by atoms with E-state index in [4.69, 9.17) is 0 Å². The van der Waals surface area contributed by atoms with Gasteiger partial charge in [0.25, 0.3) is 11.8 Å². The molecule has 0 atom stereocenters. The molecule has 0 unspecified atom stereocenters. The number of halogens is 2. The van der Waals surface area contributed by atoms with E-state index in [1.165, 1.54) is 0 Å². The fourth-order valence-corrected chi connectivity index (χ4v) is 5.41. The smallest absolute Gasteiger partial charge is 0.255 e. The van der Waals surface area contributed by atoms with E-state index >= 15 is 0 Å². The lowest BCUT2D eigenvalue weighted by Gasteiger charge is -2.21. The molecule has 0 spiro atoms. The Morgan fingerprint density at radius 1 is 0.719 bits per heavy atom. The van der Waals surface area contributed by atoms with Gasteiger partial charge in [-0.25, -0.2) is 0 Å². The van der Waals surface area contributed by atoms with E-state index in [1.807, 2.05) is 0 Å². The molecule has 2 aromatic rings. The van der Waals surface area contributed by atoms with Crippen LogP contribution in [0.1, 0.15) is 57.5 Å². The summed E-state index contributed by atoms with van der Waals surface area (Å²) in [5, 5.41) is 21.9. The predicted molar refractivity (Wildman–Crippen MR) is 130 cm³/mol. The molecule has 2 N–H and O–H groups in total. The number of hydrogen-bond acceptors (Lipinski definition) is 4. The van der Waals surface area contributed by atoms with Crippen LogP contribution in [0.15, 0.2) is 21.1 Å². The second kappa shape index (κ2) is 9.06. The maximum atomic E-state index is 13.2. The molecule has 8 heteroatoms. The summed E-state index contributed by atoms with van der Waals surface area (Å²) >= 11 is 6.95. The highest BCUT2D eigenvalue weighted by molar-refractivity contribution is 9.11. The van der Waals surface area contributed by atoms with E-state index in [0.29, 0.717) is 68.5 Å². The Hall–Kier alpha value is -2.06. The topological polar surface area (TPSA) is 81.1 Å².